The number of carbonyl (C=O) groups excluding carboxylic acids is 1. The molecule has 1 heterocycles. The number of aliphatic hydroxyl groups is 1. The summed E-state index contributed by atoms with van der Waals surface area (Å²) in [7, 11) is -3.75. The summed E-state index contributed by atoms with van der Waals surface area (Å²) in [4.78, 5) is 14.6. The van der Waals surface area contributed by atoms with Gasteiger partial charge in [-0.05, 0) is 48.2 Å². The lowest BCUT2D eigenvalue weighted by atomic mass is 9.96. The predicted octanol–water partition coefficient (Wildman–Crippen LogP) is 1.62. The van der Waals surface area contributed by atoms with Gasteiger partial charge >= 0.3 is 0 Å². The van der Waals surface area contributed by atoms with Crippen LogP contribution in [0, 0.1) is 5.82 Å². The van der Waals surface area contributed by atoms with Gasteiger partial charge in [-0.15, -0.1) is 0 Å². The number of hydrogen-bond donors (Lipinski definition) is 2. The highest BCUT2D eigenvalue weighted by atomic mass is 32.2. The minimum atomic E-state index is -3.75. The summed E-state index contributed by atoms with van der Waals surface area (Å²) < 4.78 is 40.6. The Balaban J connectivity index is 1.36. The minimum absolute atomic E-state index is 0.00966. The fraction of sp³-hybridized carbons (Fsp3) is 0.381. The Bertz CT molecular complexity index is 990. The van der Waals surface area contributed by atoms with Crippen LogP contribution in [0.15, 0.2) is 53.4 Å². The molecule has 0 bridgehead atoms. The van der Waals surface area contributed by atoms with Gasteiger partial charge in [-0.3, -0.25) is 4.79 Å². The molecule has 0 unspecified atom stereocenters. The van der Waals surface area contributed by atoms with Crippen molar-refractivity contribution in [2.75, 3.05) is 13.1 Å². The molecule has 1 saturated heterocycles. The lowest BCUT2D eigenvalue weighted by Gasteiger charge is -2.36. The van der Waals surface area contributed by atoms with Crippen LogP contribution in [0.1, 0.15) is 24.0 Å². The Kier molecular flexibility index (Phi) is 5.18. The molecular formula is C21H23FN2O4S. The average Bonchev–Trinajstić information content (AvgIpc) is 3.05. The van der Waals surface area contributed by atoms with E-state index in [2.05, 4.69) is 4.72 Å². The number of nitrogens with one attached hydrogen (secondary N) is 1. The van der Waals surface area contributed by atoms with Crippen LogP contribution in [-0.2, 0) is 27.7 Å². The smallest absolute Gasteiger partial charge is 0.255 e. The van der Waals surface area contributed by atoms with Crippen LogP contribution in [0.2, 0.25) is 0 Å². The van der Waals surface area contributed by atoms with E-state index < -0.39 is 21.4 Å². The molecule has 1 fully saturated rings. The number of likely N-dealkylation sites (tertiary alicyclic amines) is 1. The molecule has 2 aliphatic rings. The SMILES string of the molecule is O=C(N1CCC(NS(=O)(=O)c2ccc(F)cc2)CC1)C1(O)Cc2ccccc2C1. The summed E-state index contributed by atoms with van der Waals surface area (Å²) in [5.74, 6) is -0.795. The van der Waals surface area contributed by atoms with Crippen LogP contribution in [0.25, 0.3) is 0 Å². The normalized spacial score (nSPS) is 19.2. The third-order valence-electron chi connectivity index (χ3n) is 5.71. The van der Waals surface area contributed by atoms with E-state index in [-0.39, 0.29) is 16.8 Å². The van der Waals surface area contributed by atoms with Crippen molar-refractivity contribution in [3.05, 3.63) is 65.5 Å². The van der Waals surface area contributed by atoms with Crippen LogP contribution >= 0.6 is 0 Å². The molecule has 1 aliphatic heterocycles. The van der Waals surface area contributed by atoms with E-state index >= 15 is 0 Å². The number of fused-ring (bicyclic) bond motifs is 1. The first kappa shape index (κ1) is 20.0. The zero-order valence-electron chi connectivity index (χ0n) is 15.8. The first-order valence-corrected chi connectivity index (χ1v) is 11.1. The third-order valence-corrected chi connectivity index (χ3v) is 7.25. The largest absolute Gasteiger partial charge is 0.379 e. The van der Waals surface area contributed by atoms with E-state index in [9.17, 15) is 22.7 Å². The Morgan fingerprint density at radius 2 is 1.59 bits per heavy atom. The fourth-order valence-corrected chi connectivity index (χ4v) is 5.45. The number of halogens is 1. The Hall–Kier alpha value is -2.29. The first-order valence-electron chi connectivity index (χ1n) is 9.63. The second-order valence-electron chi connectivity index (χ2n) is 7.80. The topological polar surface area (TPSA) is 86.7 Å². The van der Waals surface area contributed by atoms with E-state index in [1.54, 1.807) is 4.90 Å². The second-order valence-corrected chi connectivity index (χ2v) is 9.51. The molecule has 0 saturated carbocycles. The van der Waals surface area contributed by atoms with Crippen molar-refractivity contribution >= 4 is 15.9 Å². The van der Waals surface area contributed by atoms with Crippen LogP contribution in [0.3, 0.4) is 0 Å². The van der Waals surface area contributed by atoms with Crippen LogP contribution < -0.4 is 4.72 Å². The van der Waals surface area contributed by atoms with Crippen LogP contribution in [0.4, 0.5) is 4.39 Å². The molecule has 0 aromatic heterocycles. The average molecular weight is 418 g/mol. The van der Waals surface area contributed by atoms with Crippen LogP contribution in [0.5, 0.6) is 0 Å². The Morgan fingerprint density at radius 1 is 1.03 bits per heavy atom. The van der Waals surface area contributed by atoms with E-state index in [4.69, 9.17) is 0 Å². The molecule has 2 aromatic carbocycles. The van der Waals surface area contributed by atoms with Gasteiger partial charge in [0.05, 0.1) is 4.90 Å². The van der Waals surface area contributed by atoms with E-state index in [1.807, 2.05) is 24.3 Å². The minimum Gasteiger partial charge on any atom is -0.379 e. The molecule has 0 atom stereocenters. The maximum Gasteiger partial charge on any atom is 0.255 e. The zero-order valence-corrected chi connectivity index (χ0v) is 16.7. The molecule has 29 heavy (non-hydrogen) atoms. The van der Waals surface area contributed by atoms with Gasteiger partial charge in [0.1, 0.15) is 5.82 Å². The van der Waals surface area contributed by atoms with Gasteiger partial charge in [-0.2, -0.15) is 0 Å². The number of rotatable bonds is 4. The summed E-state index contributed by atoms with van der Waals surface area (Å²) in [5, 5.41) is 10.9. The molecule has 2 N–H and O–H groups in total. The van der Waals surface area contributed by atoms with Crippen LogP contribution in [-0.4, -0.2) is 49.1 Å². The Labute approximate surface area is 169 Å². The molecule has 1 amide bonds. The van der Waals surface area contributed by atoms with E-state index in [0.717, 1.165) is 23.3 Å². The number of piperidine rings is 1. The zero-order chi connectivity index (χ0) is 20.6. The Morgan fingerprint density at radius 3 is 2.14 bits per heavy atom. The third kappa shape index (κ3) is 4.05. The fourth-order valence-electron chi connectivity index (χ4n) is 4.14. The van der Waals surface area contributed by atoms with Crippen molar-refractivity contribution in [2.45, 2.75) is 42.2 Å². The quantitative estimate of drug-likeness (QED) is 0.790. The lowest BCUT2D eigenvalue weighted by molar-refractivity contribution is -0.151. The van der Waals surface area contributed by atoms with Crippen molar-refractivity contribution in [1.29, 1.82) is 0 Å². The second kappa shape index (κ2) is 7.51. The first-order chi connectivity index (χ1) is 13.8. The molecule has 0 spiro atoms. The molecule has 8 heteroatoms. The number of amides is 1. The standard InChI is InChI=1S/C21H23FN2O4S/c22-17-5-7-19(8-6-17)29(27,28)23-18-9-11-24(12-10-18)20(25)21(26)13-15-3-1-2-4-16(15)14-21/h1-8,18,23,26H,9-14H2. The van der Waals surface area contributed by atoms with Crippen molar-refractivity contribution in [3.63, 3.8) is 0 Å². The molecule has 6 nitrogen and oxygen atoms in total. The molecule has 1 aliphatic carbocycles. The van der Waals surface area contributed by atoms with E-state index in [0.29, 0.717) is 38.8 Å². The highest BCUT2D eigenvalue weighted by Gasteiger charge is 2.44. The highest BCUT2D eigenvalue weighted by Crippen LogP contribution is 2.32. The summed E-state index contributed by atoms with van der Waals surface area (Å²) in [5.41, 5.74) is 0.556. The monoisotopic (exact) mass is 418 g/mol. The van der Waals surface area contributed by atoms with Crippen molar-refractivity contribution in [1.82, 2.24) is 9.62 Å². The van der Waals surface area contributed by atoms with Gasteiger partial charge < -0.3 is 10.0 Å². The number of sulfonamides is 1. The number of nitrogens with zero attached hydrogens (tertiary/aromatic N) is 1. The summed E-state index contributed by atoms with van der Waals surface area (Å²) in [6.45, 7) is 0.738. The van der Waals surface area contributed by atoms with Gasteiger partial charge in [0.2, 0.25) is 10.0 Å². The molecular weight excluding hydrogens is 395 g/mol. The maximum atomic E-state index is 13.0. The van der Waals surface area contributed by atoms with Gasteiger partial charge in [0.15, 0.2) is 5.60 Å². The van der Waals surface area contributed by atoms with E-state index in [1.165, 1.54) is 12.1 Å². The summed E-state index contributed by atoms with van der Waals surface area (Å²) >= 11 is 0. The molecule has 4 rings (SSSR count). The van der Waals surface area contributed by atoms with Crippen molar-refractivity contribution in [3.8, 4) is 0 Å². The molecule has 0 radical (unpaired) electrons. The van der Waals surface area contributed by atoms with Gasteiger partial charge in [0.25, 0.3) is 5.91 Å². The van der Waals surface area contributed by atoms with Crippen molar-refractivity contribution in [2.24, 2.45) is 0 Å². The van der Waals surface area contributed by atoms with Gasteiger partial charge in [-0.25, -0.2) is 17.5 Å². The maximum absolute atomic E-state index is 13.0. The lowest BCUT2D eigenvalue weighted by Crippen LogP contribution is -2.54. The predicted molar refractivity (Wildman–Crippen MR) is 105 cm³/mol. The number of hydrogen-bond acceptors (Lipinski definition) is 4. The summed E-state index contributed by atoms with van der Waals surface area (Å²) in [6.07, 6.45) is 1.52. The number of carbonyl (C=O) groups is 1. The van der Waals surface area contributed by atoms with Gasteiger partial charge in [-0.1, -0.05) is 24.3 Å². The molecule has 2 aromatic rings. The number of benzene rings is 2. The summed E-state index contributed by atoms with van der Waals surface area (Å²) in [6, 6.07) is 12.0. The molecule has 154 valence electrons. The van der Waals surface area contributed by atoms with Crippen molar-refractivity contribution < 1.29 is 22.7 Å². The van der Waals surface area contributed by atoms with Gasteiger partial charge in [0, 0.05) is 32.0 Å². The highest BCUT2D eigenvalue weighted by molar-refractivity contribution is 7.89.